The second kappa shape index (κ2) is 7.34. The Morgan fingerprint density at radius 1 is 1.19 bits per heavy atom. The molecule has 0 unspecified atom stereocenters. The van der Waals surface area contributed by atoms with Crippen molar-refractivity contribution in [3.63, 3.8) is 0 Å². The molecule has 0 N–H and O–H groups in total. The lowest BCUT2D eigenvalue weighted by Crippen LogP contribution is -2.49. The second-order valence-corrected chi connectivity index (χ2v) is 8.84. The Labute approximate surface area is 164 Å². The fourth-order valence-corrected chi connectivity index (χ4v) is 5.55. The van der Waals surface area contributed by atoms with Gasteiger partial charge in [-0.1, -0.05) is 18.2 Å². The van der Waals surface area contributed by atoms with Gasteiger partial charge in [-0.15, -0.1) is 11.3 Å². The molecule has 5 nitrogen and oxygen atoms in total. The normalized spacial score (nSPS) is 25.6. The zero-order valence-corrected chi connectivity index (χ0v) is 16.4. The first kappa shape index (κ1) is 17.3. The smallest absolute Gasteiger partial charge is 0.241 e. The maximum Gasteiger partial charge on any atom is 0.241 e. The van der Waals surface area contributed by atoms with E-state index in [4.69, 9.17) is 0 Å². The molecule has 0 saturated carbocycles. The largest absolute Gasteiger partial charge is 0.311 e. The fraction of sp³-hybridized carbons (Fsp3) is 0.524. The van der Waals surface area contributed by atoms with Crippen LogP contribution in [0, 0.1) is 5.92 Å². The summed E-state index contributed by atoms with van der Waals surface area (Å²) in [6, 6.07) is 8.83. The number of hydrogen-bond donors (Lipinski definition) is 0. The van der Waals surface area contributed by atoms with Crippen LogP contribution in [0.25, 0.3) is 0 Å². The summed E-state index contributed by atoms with van der Waals surface area (Å²) in [6.45, 7) is 5.57. The number of benzene rings is 1. The molecule has 27 heavy (non-hydrogen) atoms. The van der Waals surface area contributed by atoms with E-state index < -0.39 is 0 Å². The summed E-state index contributed by atoms with van der Waals surface area (Å²) in [7, 11) is 0. The Balaban J connectivity index is 1.26. The molecule has 4 aliphatic heterocycles. The molecular formula is C21H26N4OS. The number of piperidine rings is 1. The number of hydrogen-bond acceptors (Lipinski definition) is 5. The molecular weight excluding hydrogens is 356 g/mol. The molecule has 142 valence electrons. The van der Waals surface area contributed by atoms with Crippen molar-refractivity contribution in [3.8, 4) is 0 Å². The number of aromatic nitrogens is 1. The topological polar surface area (TPSA) is 39.7 Å². The molecule has 1 aromatic heterocycles. The maximum atomic E-state index is 13.1. The van der Waals surface area contributed by atoms with E-state index in [1.807, 2.05) is 16.5 Å². The molecule has 0 radical (unpaired) electrons. The predicted octanol–water partition coefficient (Wildman–Crippen LogP) is 2.63. The van der Waals surface area contributed by atoms with Gasteiger partial charge in [0.1, 0.15) is 0 Å². The van der Waals surface area contributed by atoms with E-state index in [2.05, 4.69) is 38.4 Å². The van der Waals surface area contributed by atoms with Crippen LogP contribution in [0.15, 0.2) is 35.2 Å². The molecule has 6 heteroatoms. The number of thiazole rings is 1. The van der Waals surface area contributed by atoms with Crippen LogP contribution in [0.2, 0.25) is 0 Å². The predicted molar refractivity (Wildman–Crippen MR) is 108 cm³/mol. The van der Waals surface area contributed by atoms with Crippen LogP contribution >= 0.6 is 11.3 Å². The van der Waals surface area contributed by atoms with Crippen molar-refractivity contribution in [2.24, 2.45) is 5.92 Å². The van der Waals surface area contributed by atoms with Gasteiger partial charge in [0.15, 0.2) is 0 Å². The first-order valence-corrected chi connectivity index (χ1v) is 10.9. The molecule has 2 atom stereocenters. The van der Waals surface area contributed by atoms with Gasteiger partial charge in [0.2, 0.25) is 5.91 Å². The number of amides is 1. The second-order valence-electron chi connectivity index (χ2n) is 8.12. The molecule has 0 spiro atoms. The molecule has 2 aromatic rings. The van der Waals surface area contributed by atoms with Crippen LogP contribution in [-0.2, 0) is 17.8 Å². The lowest BCUT2D eigenvalue weighted by molar-refractivity contribution is -0.120. The van der Waals surface area contributed by atoms with Gasteiger partial charge >= 0.3 is 0 Å². The van der Waals surface area contributed by atoms with E-state index in [0.717, 1.165) is 44.8 Å². The molecule has 2 bridgehead atoms. The van der Waals surface area contributed by atoms with Crippen molar-refractivity contribution in [1.29, 1.82) is 0 Å². The number of fused-ring (bicyclic) bond motifs is 5. The summed E-state index contributed by atoms with van der Waals surface area (Å²) in [4.78, 5) is 24.5. The van der Waals surface area contributed by atoms with Gasteiger partial charge in [0.25, 0.3) is 0 Å². The van der Waals surface area contributed by atoms with Gasteiger partial charge in [-0.05, 0) is 36.8 Å². The molecule has 4 aliphatic rings. The minimum Gasteiger partial charge on any atom is -0.311 e. The minimum absolute atomic E-state index is 0.263. The van der Waals surface area contributed by atoms with Crippen molar-refractivity contribution < 1.29 is 4.79 Å². The van der Waals surface area contributed by atoms with Crippen molar-refractivity contribution in [2.75, 3.05) is 37.6 Å². The van der Waals surface area contributed by atoms with Crippen LogP contribution < -0.4 is 4.90 Å². The van der Waals surface area contributed by atoms with Gasteiger partial charge in [-0.25, -0.2) is 4.98 Å². The van der Waals surface area contributed by atoms with Gasteiger partial charge in [0.05, 0.1) is 17.7 Å². The standard InChI is InChI=1S/C21H26N4OS/c26-21(25-8-7-17-3-1-2-4-20(17)25)13-24-10-16-5-6-19(24)12-23(9-16)11-18-14-27-15-22-18/h1-4,14-16,19H,5-13H2/t16-,19+/m1/s1. The monoisotopic (exact) mass is 382 g/mol. The highest BCUT2D eigenvalue weighted by molar-refractivity contribution is 7.07. The van der Waals surface area contributed by atoms with E-state index in [9.17, 15) is 4.79 Å². The fourth-order valence-electron chi connectivity index (χ4n) is 5.00. The Kier molecular flexibility index (Phi) is 4.71. The van der Waals surface area contributed by atoms with Gasteiger partial charge < -0.3 is 4.90 Å². The number of carbonyl (C=O) groups is 1. The van der Waals surface area contributed by atoms with E-state index in [0.29, 0.717) is 18.5 Å². The summed E-state index contributed by atoms with van der Waals surface area (Å²) < 4.78 is 0. The lowest BCUT2D eigenvalue weighted by Gasteiger charge is -2.36. The third-order valence-corrected chi connectivity index (χ3v) is 6.93. The zero-order chi connectivity index (χ0) is 18.2. The van der Waals surface area contributed by atoms with E-state index in [1.54, 1.807) is 11.3 Å². The van der Waals surface area contributed by atoms with Crippen molar-refractivity contribution in [3.05, 3.63) is 46.4 Å². The summed E-state index contributed by atoms with van der Waals surface area (Å²) in [6.07, 6.45) is 3.48. The average molecular weight is 383 g/mol. The summed E-state index contributed by atoms with van der Waals surface area (Å²) >= 11 is 1.67. The van der Waals surface area contributed by atoms with Gasteiger partial charge in [-0.3, -0.25) is 14.6 Å². The van der Waals surface area contributed by atoms with E-state index >= 15 is 0 Å². The van der Waals surface area contributed by atoms with Crippen molar-refractivity contribution in [1.82, 2.24) is 14.8 Å². The highest BCUT2D eigenvalue weighted by atomic mass is 32.1. The van der Waals surface area contributed by atoms with Gasteiger partial charge in [-0.2, -0.15) is 0 Å². The molecule has 3 saturated heterocycles. The third kappa shape index (κ3) is 3.53. The average Bonchev–Trinajstić information content (AvgIpc) is 3.25. The van der Waals surface area contributed by atoms with Crippen LogP contribution in [0.5, 0.6) is 0 Å². The SMILES string of the molecule is O=C(CN1C[C@@H]2CC[C@H]1CN(Cc1cscn1)C2)N1CCc2ccccc21. The van der Waals surface area contributed by atoms with Crippen LogP contribution in [0.4, 0.5) is 5.69 Å². The van der Waals surface area contributed by atoms with E-state index in [-0.39, 0.29) is 5.91 Å². The number of para-hydroxylation sites is 1. The minimum atomic E-state index is 0.263. The molecule has 3 fully saturated rings. The number of carbonyl (C=O) groups excluding carboxylic acids is 1. The Bertz CT molecular complexity index is 808. The number of nitrogens with zero attached hydrogens (tertiary/aromatic N) is 4. The zero-order valence-electron chi connectivity index (χ0n) is 15.6. The molecule has 6 rings (SSSR count). The Morgan fingerprint density at radius 3 is 3.00 bits per heavy atom. The van der Waals surface area contributed by atoms with E-state index in [1.165, 1.54) is 24.1 Å². The van der Waals surface area contributed by atoms with Crippen molar-refractivity contribution in [2.45, 2.75) is 31.8 Å². The third-order valence-electron chi connectivity index (χ3n) is 6.30. The van der Waals surface area contributed by atoms with Crippen molar-refractivity contribution >= 4 is 22.9 Å². The highest BCUT2D eigenvalue weighted by Gasteiger charge is 2.37. The molecule has 5 heterocycles. The van der Waals surface area contributed by atoms with Crippen LogP contribution in [0.3, 0.4) is 0 Å². The van der Waals surface area contributed by atoms with Crippen LogP contribution in [0.1, 0.15) is 24.1 Å². The highest BCUT2D eigenvalue weighted by Crippen LogP contribution is 2.31. The van der Waals surface area contributed by atoms with Crippen LogP contribution in [-0.4, -0.2) is 59.5 Å². The quantitative estimate of drug-likeness (QED) is 0.815. The lowest BCUT2D eigenvalue weighted by atomic mass is 9.95. The number of anilines is 1. The first-order valence-electron chi connectivity index (χ1n) is 9.98. The summed E-state index contributed by atoms with van der Waals surface area (Å²) in [5, 5.41) is 2.15. The summed E-state index contributed by atoms with van der Waals surface area (Å²) in [5.41, 5.74) is 5.52. The van der Waals surface area contributed by atoms with Gasteiger partial charge in [0, 0.05) is 49.8 Å². The molecule has 1 aromatic carbocycles. The Hall–Kier alpha value is -1.76. The maximum absolute atomic E-state index is 13.1. The summed E-state index contributed by atoms with van der Waals surface area (Å²) in [5.74, 6) is 0.930. The first-order chi connectivity index (χ1) is 13.3. The number of rotatable bonds is 4. The molecule has 1 amide bonds. The molecule has 0 aliphatic carbocycles. The Morgan fingerprint density at radius 2 is 2.11 bits per heavy atom.